The van der Waals surface area contributed by atoms with E-state index in [1.807, 2.05) is 24.5 Å². The summed E-state index contributed by atoms with van der Waals surface area (Å²) in [5.41, 5.74) is 0. The number of aliphatic hydroxyl groups is 2. The molecular weight excluding hydrogens is 818 g/mol. The molecule has 0 amide bonds. The van der Waals surface area contributed by atoms with Crippen molar-refractivity contribution < 1.29 is 68.5 Å². The van der Waals surface area contributed by atoms with Crippen LogP contribution in [0.4, 0.5) is 0 Å². The maximum Gasteiger partial charge on any atom is 0.317 e. The third-order valence-corrected chi connectivity index (χ3v) is 11.1. The van der Waals surface area contributed by atoms with E-state index in [0.717, 1.165) is 6.42 Å². The molecule has 0 saturated carbocycles. The molecule has 2 saturated heterocycles. The highest BCUT2D eigenvalue weighted by atomic mass is 16.5. The molecule has 0 aromatic rings. The highest BCUT2D eigenvalue weighted by Crippen LogP contribution is 2.10. The van der Waals surface area contributed by atoms with Crippen molar-refractivity contribution in [2.24, 2.45) is 5.92 Å². The smallest absolute Gasteiger partial charge is 0.317 e. The van der Waals surface area contributed by atoms with Gasteiger partial charge in [-0.25, -0.2) is 0 Å². The van der Waals surface area contributed by atoms with Crippen molar-refractivity contribution in [3.8, 4) is 0 Å². The Morgan fingerprint density at radius 1 is 0.484 bits per heavy atom. The number of hydrogen-bond donors (Lipinski definition) is 5. The second kappa shape index (κ2) is 32.1. The van der Waals surface area contributed by atoms with Crippen LogP contribution in [0.5, 0.6) is 0 Å². The molecule has 23 heteroatoms. The molecule has 23 nitrogen and oxygen atoms in total. The molecule has 358 valence electrons. The predicted octanol–water partition coefficient (Wildman–Crippen LogP) is -3.86. The van der Waals surface area contributed by atoms with Gasteiger partial charge in [0.2, 0.25) is 0 Å². The van der Waals surface area contributed by atoms with Crippen LogP contribution in [0.1, 0.15) is 20.3 Å². The number of carboxylic acid groups (broad SMARTS) is 3. The number of aliphatic carboxylic acids is 3. The molecule has 5 N–H and O–H groups in total. The van der Waals surface area contributed by atoms with Crippen molar-refractivity contribution in [1.82, 2.24) is 44.1 Å². The van der Waals surface area contributed by atoms with Crippen LogP contribution in [0.15, 0.2) is 0 Å². The predicted molar refractivity (Wildman–Crippen MR) is 224 cm³/mol. The van der Waals surface area contributed by atoms with E-state index in [0.29, 0.717) is 131 Å². The van der Waals surface area contributed by atoms with Gasteiger partial charge in [-0.2, -0.15) is 0 Å². The molecule has 2 heterocycles. The Morgan fingerprint density at radius 2 is 0.742 bits per heavy atom. The molecule has 3 atom stereocenters. The summed E-state index contributed by atoms with van der Waals surface area (Å²) in [6, 6.07) is 0. The third-order valence-electron chi connectivity index (χ3n) is 11.1. The number of carbonyl (C=O) groups excluding carboxylic acids is 3. The van der Waals surface area contributed by atoms with Gasteiger partial charge in [0.15, 0.2) is 0 Å². The summed E-state index contributed by atoms with van der Waals surface area (Å²) in [5, 5.41) is 51.9. The van der Waals surface area contributed by atoms with Crippen LogP contribution in [0.3, 0.4) is 0 Å². The maximum absolute atomic E-state index is 11.8. The number of carbonyl (C=O) groups is 6. The van der Waals surface area contributed by atoms with Gasteiger partial charge in [-0.05, 0) is 5.92 Å². The highest BCUT2D eigenvalue weighted by Gasteiger charge is 2.25. The lowest BCUT2D eigenvalue weighted by atomic mass is 10.1. The standard InChI is InChI=1S/C39H73N9O14/c1-3-34(2)20-48(23-35(52)21-40-4-6-42(25-37(54)55)8-9-44(27-39(58)59)12-16-45(14-10-40)28-60-31-49)24-36(53)22-41-5-7-43(26-38(56)57)13-17-47(30-62-33-51)19-18-46(15-11-41)29-61-32-50/h31-36,52-53H,3-30H2,1-2H3,(H,54,55)(H,56,57)(H,58,59). The Hall–Kier alpha value is -3.62. The summed E-state index contributed by atoms with van der Waals surface area (Å²) in [6.07, 6.45) is -0.826. The van der Waals surface area contributed by atoms with Crippen LogP contribution in [0.2, 0.25) is 0 Å². The largest absolute Gasteiger partial charge is 0.480 e. The molecule has 0 aromatic heterocycles. The van der Waals surface area contributed by atoms with Crippen molar-refractivity contribution in [1.29, 1.82) is 0 Å². The summed E-state index contributed by atoms with van der Waals surface area (Å²) < 4.78 is 15.1. The van der Waals surface area contributed by atoms with Crippen molar-refractivity contribution in [3.05, 3.63) is 0 Å². The van der Waals surface area contributed by atoms with Gasteiger partial charge < -0.3 is 39.7 Å². The number of β-amino-alcohol motifs (C(OH)–C–C–N with tert-alkyl or cyclic N) is 2. The van der Waals surface area contributed by atoms with Crippen LogP contribution >= 0.6 is 0 Å². The number of rotatable bonds is 26. The van der Waals surface area contributed by atoms with Crippen LogP contribution in [0.25, 0.3) is 0 Å². The zero-order chi connectivity index (χ0) is 45.7. The topological polar surface area (TPSA) is 260 Å². The maximum atomic E-state index is 11.8. The van der Waals surface area contributed by atoms with Gasteiger partial charge in [0, 0.05) is 137 Å². The van der Waals surface area contributed by atoms with Gasteiger partial charge in [-0.1, -0.05) is 20.3 Å². The summed E-state index contributed by atoms with van der Waals surface area (Å²) in [5.74, 6) is -2.73. The fraction of sp³-hybridized carbons (Fsp3) is 0.846. The van der Waals surface area contributed by atoms with E-state index in [-0.39, 0.29) is 71.9 Å². The number of ether oxygens (including phenoxy) is 3. The Labute approximate surface area is 365 Å². The minimum Gasteiger partial charge on any atom is -0.480 e. The van der Waals surface area contributed by atoms with E-state index in [9.17, 15) is 54.3 Å². The minimum atomic E-state index is -1.01. The van der Waals surface area contributed by atoms with E-state index in [4.69, 9.17) is 14.2 Å². The first-order valence-electron chi connectivity index (χ1n) is 21.4. The average Bonchev–Trinajstić information content (AvgIpc) is 3.20. The van der Waals surface area contributed by atoms with Gasteiger partial charge in [-0.3, -0.25) is 72.9 Å². The Kier molecular flexibility index (Phi) is 28.2. The number of nitrogens with zero attached hydrogens (tertiary/aromatic N) is 9. The molecule has 62 heavy (non-hydrogen) atoms. The Morgan fingerprint density at radius 3 is 0.984 bits per heavy atom. The summed E-state index contributed by atoms with van der Waals surface area (Å²) >= 11 is 0. The number of aliphatic hydroxyl groups excluding tert-OH is 2. The van der Waals surface area contributed by atoms with Crippen LogP contribution in [-0.4, -0.2) is 296 Å². The van der Waals surface area contributed by atoms with E-state index >= 15 is 0 Å². The quantitative estimate of drug-likeness (QED) is 0.0411. The molecule has 0 aromatic carbocycles. The summed E-state index contributed by atoms with van der Waals surface area (Å²) in [6.45, 7) is 12.8. The molecule has 3 unspecified atom stereocenters. The normalized spacial score (nSPS) is 20.7. The molecule has 0 spiro atoms. The van der Waals surface area contributed by atoms with Crippen LogP contribution in [0, 0.1) is 5.92 Å². The molecular formula is C39H73N9O14. The first-order chi connectivity index (χ1) is 29.7. The summed E-state index contributed by atoms with van der Waals surface area (Å²) in [7, 11) is 0. The Bertz CT molecular complexity index is 1300. The number of hydrogen-bond acceptors (Lipinski definition) is 20. The third kappa shape index (κ3) is 25.5. The molecule has 0 radical (unpaired) electrons. The Balaban J connectivity index is 2.21. The molecule has 2 rings (SSSR count). The van der Waals surface area contributed by atoms with Gasteiger partial charge in [0.05, 0.1) is 31.8 Å². The van der Waals surface area contributed by atoms with E-state index in [1.165, 1.54) is 0 Å². The highest BCUT2D eigenvalue weighted by molar-refractivity contribution is 5.69. The molecule has 2 aliphatic rings. The molecule has 0 bridgehead atoms. The lowest BCUT2D eigenvalue weighted by Gasteiger charge is -2.36. The zero-order valence-corrected chi connectivity index (χ0v) is 36.7. The van der Waals surface area contributed by atoms with Crippen molar-refractivity contribution in [2.45, 2.75) is 32.5 Å². The number of carboxylic acids is 3. The SMILES string of the molecule is CCC(C)CN(CC(O)CN1CCN(COC=O)CCN(COC=O)CCN(CC(=O)O)CC1)CC(O)CN1CCN(COC=O)CCN(CC(=O)O)CCN(CC(=O)O)CC1. The molecule has 0 aliphatic carbocycles. The second-order valence-corrected chi connectivity index (χ2v) is 16.2. The second-order valence-electron chi connectivity index (χ2n) is 16.2. The average molecular weight is 892 g/mol. The summed E-state index contributed by atoms with van der Waals surface area (Å²) in [4.78, 5) is 85.2. The van der Waals surface area contributed by atoms with Gasteiger partial charge in [0.1, 0.15) is 20.2 Å². The zero-order valence-electron chi connectivity index (χ0n) is 36.7. The van der Waals surface area contributed by atoms with Gasteiger partial charge in [-0.15, -0.1) is 0 Å². The van der Waals surface area contributed by atoms with Crippen molar-refractivity contribution >= 4 is 37.3 Å². The fourth-order valence-corrected chi connectivity index (χ4v) is 7.47. The molecule has 2 fully saturated rings. The van der Waals surface area contributed by atoms with Crippen molar-refractivity contribution in [3.63, 3.8) is 0 Å². The minimum absolute atomic E-state index is 0.00217. The van der Waals surface area contributed by atoms with Crippen LogP contribution in [-0.2, 0) is 43.0 Å². The first kappa shape index (κ1) is 54.5. The van der Waals surface area contributed by atoms with E-state index in [1.54, 1.807) is 14.7 Å². The lowest BCUT2D eigenvalue weighted by molar-refractivity contribution is -0.140. The van der Waals surface area contributed by atoms with Crippen molar-refractivity contribution in [2.75, 3.05) is 177 Å². The fourth-order valence-electron chi connectivity index (χ4n) is 7.47. The first-order valence-corrected chi connectivity index (χ1v) is 21.4. The molecule has 2 aliphatic heterocycles. The van der Waals surface area contributed by atoms with Gasteiger partial charge in [0.25, 0.3) is 19.4 Å². The van der Waals surface area contributed by atoms with Crippen LogP contribution < -0.4 is 0 Å². The lowest BCUT2D eigenvalue weighted by Crippen LogP contribution is -2.51. The van der Waals surface area contributed by atoms with E-state index in [2.05, 4.69) is 18.7 Å². The van der Waals surface area contributed by atoms with E-state index < -0.39 is 30.1 Å². The van der Waals surface area contributed by atoms with Gasteiger partial charge >= 0.3 is 17.9 Å². The monoisotopic (exact) mass is 892 g/mol.